The highest BCUT2D eigenvalue weighted by atomic mass is 28.4. The van der Waals surface area contributed by atoms with Gasteiger partial charge in [0.05, 0.1) is 12.2 Å². The number of aryl methyl sites for hydroxylation is 1. The molecule has 0 fully saturated rings. The fourth-order valence-electron chi connectivity index (χ4n) is 3.99. The van der Waals surface area contributed by atoms with Crippen LogP contribution in [0.2, 0.25) is 18.1 Å². The number of carbonyl (C=O) groups is 1. The Morgan fingerprint density at radius 2 is 1.46 bits per heavy atom. The summed E-state index contributed by atoms with van der Waals surface area (Å²) in [6, 6.07) is 26.7. The SMILES string of the molecule is Cc1ccc2cc(CC(CO[Si](C)(C)C(C)(C)C)OC(=O)c3ccc4ccccc4c3)ccc2c1. The van der Waals surface area contributed by atoms with Crippen molar-refractivity contribution >= 4 is 35.8 Å². The normalized spacial score (nSPS) is 13.2. The average molecular weight is 485 g/mol. The number of ether oxygens (including phenoxy) is 1. The number of benzene rings is 4. The van der Waals surface area contributed by atoms with Crippen LogP contribution in [0.1, 0.15) is 42.3 Å². The third kappa shape index (κ3) is 6.00. The zero-order chi connectivity index (χ0) is 25.2. The van der Waals surface area contributed by atoms with Gasteiger partial charge in [-0.05, 0) is 64.3 Å². The summed E-state index contributed by atoms with van der Waals surface area (Å²) in [5.74, 6) is -0.309. The topological polar surface area (TPSA) is 35.5 Å². The number of esters is 1. The quantitative estimate of drug-likeness (QED) is 0.196. The van der Waals surface area contributed by atoms with E-state index in [4.69, 9.17) is 9.16 Å². The molecule has 3 nitrogen and oxygen atoms in total. The van der Waals surface area contributed by atoms with E-state index in [2.05, 4.69) is 77.2 Å². The number of carbonyl (C=O) groups excluding carboxylic acids is 1. The van der Waals surface area contributed by atoms with E-state index in [9.17, 15) is 4.79 Å². The Hall–Kier alpha value is -2.95. The Morgan fingerprint density at radius 3 is 2.20 bits per heavy atom. The molecule has 4 aromatic rings. The Labute approximate surface area is 210 Å². The zero-order valence-corrected chi connectivity index (χ0v) is 22.7. The van der Waals surface area contributed by atoms with Gasteiger partial charge in [-0.15, -0.1) is 0 Å². The molecule has 35 heavy (non-hydrogen) atoms. The van der Waals surface area contributed by atoms with Crippen molar-refractivity contribution < 1.29 is 14.0 Å². The lowest BCUT2D eigenvalue weighted by Crippen LogP contribution is -2.43. The molecule has 0 aliphatic carbocycles. The van der Waals surface area contributed by atoms with Crippen LogP contribution >= 0.6 is 0 Å². The first-order valence-corrected chi connectivity index (χ1v) is 15.3. The summed E-state index contributed by atoms with van der Waals surface area (Å²) < 4.78 is 12.6. The molecule has 4 rings (SSSR count). The maximum Gasteiger partial charge on any atom is 0.338 e. The van der Waals surface area contributed by atoms with E-state index in [-0.39, 0.29) is 17.1 Å². The Balaban J connectivity index is 1.57. The van der Waals surface area contributed by atoms with Crippen LogP contribution in [0.25, 0.3) is 21.5 Å². The van der Waals surface area contributed by atoms with Gasteiger partial charge < -0.3 is 9.16 Å². The van der Waals surface area contributed by atoms with Crippen LogP contribution in [0.15, 0.2) is 78.9 Å². The third-order valence-corrected chi connectivity index (χ3v) is 11.7. The molecular weight excluding hydrogens is 448 g/mol. The minimum absolute atomic E-state index is 0.0840. The summed E-state index contributed by atoms with van der Waals surface area (Å²) in [4.78, 5) is 13.2. The smallest absolute Gasteiger partial charge is 0.338 e. The van der Waals surface area contributed by atoms with Crippen LogP contribution < -0.4 is 0 Å². The number of rotatable bonds is 7. The molecule has 4 aromatic carbocycles. The predicted octanol–water partition coefficient (Wildman–Crippen LogP) is 8.09. The van der Waals surface area contributed by atoms with Crippen LogP contribution in [0.4, 0.5) is 0 Å². The van der Waals surface area contributed by atoms with Crippen molar-refractivity contribution in [1.29, 1.82) is 0 Å². The Morgan fingerprint density at radius 1 is 0.829 bits per heavy atom. The fourth-order valence-corrected chi connectivity index (χ4v) is 5.03. The van der Waals surface area contributed by atoms with E-state index < -0.39 is 8.32 Å². The molecule has 0 radical (unpaired) electrons. The van der Waals surface area contributed by atoms with E-state index in [1.54, 1.807) is 0 Å². The average Bonchev–Trinajstić information content (AvgIpc) is 2.81. The molecule has 0 spiro atoms. The molecule has 0 saturated carbocycles. The molecule has 0 amide bonds. The van der Waals surface area contributed by atoms with Crippen molar-refractivity contribution in [1.82, 2.24) is 0 Å². The van der Waals surface area contributed by atoms with Gasteiger partial charge in [0.25, 0.3) is 0 Å². The lowest BCUT2D eigenvalue weighted by Gasteiger charge is -2.37. The van der Waals surface area contributed by atoms with Crippen LogP contribution in [-0.2, 0) is 15.6 Å². The van der Waals surface area contributed by atoms with Gasteiger partial charge in [0.2, 0.25) is 0 Å². The van der Waals surface area contributed by atoms with E-state index >= 15 is 0 Å². The molecule has 0 aliphatic rings. The minimum Gasteiger partial charge on any atom is -0.456 e. The minimum atomic E-state index is -1.99. The lowest BCUT2D eigenvalue weighted by atomic mass is 10.0. The number of fused-ring (bicyclic) bond motifs is 2. The van der Waals surface area contributed by atoms with E-state index in [0.717, 1.165) is 16.3 Å². The predicted molar refractivity (Wildman–Crippen MR) is 149 cm³/mol. The second-order valence-electron chi connectivity index (χ2n) is 11.0. The van der Waals surface area contributed by atoms with E-state index in [1.165, 1.54) is 16.3 Å². The molecule has 1 unspecified atom stereocenters. The van der Waals surface area contributed by atoms with Gasteiger partial charge in [-0.25, -0.2) is 4.79 Å². The number of hydrogen-bond acceptors (Lipinski definition) is 3. The van der Waals surface area contributed by atoms with Crippen molar-refractivity contribution in [3.8, 4) is 0 Å². The van der Waals surface area contributed by atoms with Gasteiger partial charge in [0.1, 0.15) is 6.10 Å². The van der Waals surface area contributed by atoms with Gasteiger partial charge in [-0.2, -0.15) is 0 Å². The first-order chi connectivity index (χ1) is 16.5. The fraction of sp³-hybridized carbons (Fsp3) is 0.323. The van der Waals surface area contributed by atoms with E-state index in [0.29, 0.717) is 18.6 Å². The van der Waals surface area contributed by atoms with Gasteiger partial charge in [0, 0.05) is 6.42 Å². The maximum atomic E-state index is 13.2. The van der Waals surface area contributed by atoms with Gasteiger partial charge >= 0.3 is 5.97 Å². The van der Waals surface area contributed by atoms with Crippen LogP contribution in [-0.4, -0.2) is 27.0 Å². The lowest BCUT2D eigenvalue weighted by molar-refractivity contribution is 0.0160. The Kier molecular flexibility index (Phi) is 7.16. The van der Waals surface area contributed by atoms with Crippen molar-refractivity contribution in [2.45, 2.75) is 58.4 Å². The summed E-state index contributed by atoms with van der Waals surface area (Å²) in [6.07, 6.45) is 0.239. The van der Waals surface area contributed by atoms with Gasteiger partial charge in [0.15, 0.2) is 8.32 Å². The summed E-state index contributed by atoms with van der Waals surface area (Å²) in [5.41, 5.74) is 2.95. The summed E-state index contributed by atoms with van der Waals surface area (Å²) in [5, 5.41) is 4.63. The second-order valence-corrected chi connectivity index (χ2v) is 15.9. The molecule has 0 saturated heterocycles. The highest BCUT2D eigenvalue weighted by Crippen LogP contribution is 2.36. The van der Waals surface area contributed by atoms with E-state index in [1.807, 2.05) is 42.5 Å². The summed E-state index contributed by atoms with van der Waals surface area (Å²) in [6.45, 7) is 13.6. The Bertz CT molecular complexity index is 1350. The number of hydrogen-bond donors (Lipinski definition) is 0. The summed E-state index contributed by atoms with van der Waals surface area (Å²) >= 11 is 0. The first-order valence-electron chi connectivity index (χ1n) is 12.3. The first kappa shape index (κ1) is 25.1. The molecule has 1 atom stereocenters. The maximum absolute atomic E-state index is 13.2. The largest absolute Gasteiger partial charge is 0.456 e. The van der Waals surface area contributed by atoms with Crippen LogP contribution in [0.5, 0.6) is 0 Å². The molecule has 0 heterocycles. The second kappa shape index (κ2) is 9.96. The molecule has 0 aliphatic heterocycles. The van der Waals surface area contributed by atoms with Gasteiger partial charge in [-0.3, -0.25) is 0 Å². The molecule has 0 aromatic heterocycles. The van der Waals surface area contributed by atoms with Crippen molar-refractivity contribution in [3.63, 3.8) is 0 Å². The third-order valence-electron chi connectivity index (χ3n) is 7.22. The highest BCUT2D eigenvalue weighted by Gasteiger charge is 2.38. The summed E-state index contributed by atoms with van der Waals surface area (Å²) in [7, 11) is -1.99. The molecule has 0 N–H and O–H groups in total. The molecule has 182 valence electrons. The molecule has 4 heteroatoms. The monoisotopic (exact) mass is 484 g/mol. The molecule has 0 bridgehead atoms. The standard InChI is InChI=1S/C31H36O3Si/c1-22-11-13-27-18-23(12-14-26(27)17-22)19-29(21-33-35(5,6)31(2,3)4)34-30(32)28-16-15-24-9-7-8-10-25(24)20-28/h7-18,20,29H,19,21H2,1-6H3. The van der Waals surface area contributed by atoms with Gasteiger partial charge in [-0.1, -0.05) is 93.1 Å². The van der Waals surface area contributed by atoms with Crippen LogP contribution in [0.3, 0.4) is 0 Å². The van der Waals surface area contributed by atoms with Crippen LogP contribution in [0, 0.1) is 6.92 Å². The highest BCUT2D eigenvalue weighted by molar-refractivity contribution is 6.74. The zero-order valence-electron chi connectivity index (χ0n) is 21.7. The molecular formula is C31H36O3Si. The van der Waals surface area contributed by atoms with Crippen molar-refractivity contribution in [2.75, 3.05) is 6.61 Å². The van der Waals surface area contributed by atoms with Crippen molar-refractivity contribution in [3.05, 3.63) is 95.6 Å². The van der Waals surface area contributed by atoms with Crippen molar-refractivity contribution in [2.24, 2.45) is 0 Å².